The van der Waals surface area contributed by atoms with E-state index in [9.17, 15) is 0 Å². The third kappa shape index (κ3) is 4.05. The standard InChI is InChI=1S/C22H26N8O3/c1-28-13-17(11-23-28)29-6-2-19-20(29)21(33-18-5-9-32-14-18)27-22(26-19)25-15-10-24-30(12-15)16-3-7-31-8-4-16/h2,6,10-13,16,18H,3-5,7-9,14H2,1H3,(H,25,26,27)/t18-/m0/s1. The van der Waals surface area contributed by atoms with Crippen LogP contribution in [-0.2, 0) is 16.5 Å². The van der Waals surface area contributed by atoms with Gasteiger partial charge in [-0.15, -0.1) is 0 Å². The first-order valence-corrected chi connectivity index (χ1v) is 11.2. The third-order valence-corrected chi connectivity index (χ3v) is 6.06. The van der Waals surface area contributed by atoms with Crippen molar-refractivity contribution in [1.82, 2.24) is 34.1 Å². The van der Waals surface area contributed by atoms with Gasteiger partial charge in [-0.25, -0.2) is 4.98 Å². The molecule has 0 aromatic carbocycles. The van der Waals surface area contributed by atoms with E-state index in [1.807, 2.05) is 41.0 Å². The largest absolute Gasteiger partial charge is 0.470 e. The molecule has 2 saturated heterocycles. The molecule has 0 bridgehead atoms. The van der Waals surface area contributed by atoms with Crippen LogP contribution in [0.1, 0.15) is 25.3 Å². The summed E-state index contributed by atoms with van der Waals surface area (Å²) in [6.07, 6.45) is 12.2. The van der Waals surface area contributed by atoms with Crippen molar-refractivity contribution in [1.29, 1.82) is 0 Å². The Labute approximate surface area is 190 Å². The minimum Gasteiger partial charge on any atom is -0.470 e. The van der Waals surface area contributed by atoms with Gasteiger partial charge >= 0.3 is 0 Å². The Morgan fingerprint density at radius 1 is 1.03 bits per heavy atom. The Kier molecular flexibility index (Phi) is 5.19. The molecular weight excluding hydrogens is 424 g/mol. The number of nitrogens with zero attached hydrogens (tertiary/aromatic N) is 7. The lowest BCUT2D eigenvalue weighted by molar-refractivity contribution is 0.0662. The molecule has 33 heavy (non-hydrogen) atoms. The van der Waals surface area contributed by atoms with E-state index >= 15 is 0 Å². The summed E-state index contributed by atoms with van der Waals surface area (Å²) in [5.74, 6) is 0.982. The summed E-state index contributed by atoms with van der Waals surface area (Å²) in [7, 11) is 1.89. The van der Waals surface area contributed by atoms with Crippen LogP contribution in [0.5, 0.6) is 5.88 Å². The number of rotatable bonds is 6. The molecule has 0 radical (unpaired) electrons. The average Bonchev–Trinajstić information content (AvgIpc) is 3.62. The number of aryl methyl sites for hydroxylation is 1. The molecular formula is C22H26N8O3. The molecule has 2 aliphatic heterocycles. The van der Waals surface area contributed by atoms with E-state index in [0.29, 0.717) is 31.1 Å². The Bertz CT molecular complexity index is 1250. The van der Waals surface area contributed by atoms with Crippen molar-refractivity contribution >= 4 is 22.7 Å². The van der Waals surface area contributed by atoms with Crippen LogP contribution in [0.4, 0.5) is 11.6 Å². The molecule has 0 saturated carbocycles. The summed E-state index contributed by atoms with van der Waals surface area (Å²) in [6, 6.07) is 2.31. The van der Waals surface area contributed by atoms with Gasteiger partial charge in [0.25, 0.3) is 0 Å². The summed E-state index contributed by atoms with van der Waals surface area (Å²) in [6.45, 7) is 2.79. The zero-order valence-electron chi connectivity index (χ0n) is 18.4. The van der Waals surface area contributed by atoms with Crippen LogP contribution in [0.25, 0.3) is 16.7 Å². The van der Waals surface area contributed by atoms with E-state index in [2.05, 4.69) is 15.5 Å². The molecule has 1 atom stereocenters. The van der Waals surface area contributed by atoms with Gasteiger partial charge in [0.15, 0.2) is 0 Å². The van der Waals surface area contributed by atoms with Gasteiger partial charge in [0, 0.05) is 45.3 Å². The minimum absolute atomic E-state index is 0.0375. The van der Waals surface area contributed by atoms with Crippen LogP contribution >= 0.6 is 0 Å². The summed E-state index contributed by atoms with van der Waals surface area (Å²) in [5.41, 5.74) is 3.34. The normalized spacial score (nSPS) is 19.4. The smallest absolute Gasteiger partial charge is 0.244 e. The molecule has 6 heterocycles. The van der Waals surface area contributed by atoms with Crippen molar-refractivity contribution in [2.24, 2.45) is 7.05 Å². The van der Waals surface area contributed by atoms with Crippen LogP contribution in [0.15, 0.2) is 37.1 Å². The monoisotopic (exact) mass is 450 g/mol. The predicted octanol–water partition coefficient (Wildman–Crippen LogP) is 2.61. The van der Waals surface area contributed by atoms with Crippen LogP contribution < -0.4 is 10.1 Å². The van der Waals surface area contributed by atoms with Gasteiger partial charge in [0.05, 0.1) is 48.5 Å². The van der Waals surface area contributed by atoms with Crippen molar-refractivity contribution in [2.75, 3.05) is 31.7 Å². The Balaban J connectivity index is 1.33. The lowest BCUT2D eigenvalue weighted by atomic mass is 10.1. The number of aromatic nitrogens is 7. The Morgan fingerprint density at radius 3 is 2.70 bits per heavy atom. The zero-order chi connectivity index (χ0) is 22.2. The molecule has 1 N–H and O–H groups in total. The van der Waals surface area contributed by atoms with Crippen LogP contribution in [0.3, 0.4) is 0 Å². The van der Waals surface area contributed by atoms with Crippen LogP contribution in [-0.4, -0.2) is 66.6 Å². The average molecular weight is 451 g/mol. The van der Waals surface area contributed by atoms with E-state index < -0.39 is 0 Å². The van der Waals surface area contributed by atoms with Crippen molar-refractivity contribution in [3.8, 4) is 11.6 Å². The summed E-state index contributed by atoms with van der Waals surface area (Å²) < 4.78 is 23.0. The molecule has 0 amide bonds. The molecule has 11 heteroatoms. The van der Waals surface area contributed by atoms with E-state index in [0.717, 1.165) is 54.9 Å². The maximum absolute atomic E-state index is 6.30. The number of hydrogen-bond acceptors (Lipinski definition) is 8. The molecule has 2 fully saturated rings. The van der Waals surface area contributed by atoms with Gasteiger partial charge in [0.1, 0.15) is 11.6 Å². The number of hydrogen-bond donors (Lipinski definition) is 1. The highest BCUT2D eigenvalue weighted by Crippen LogP contribution is 2.31. The molecule has 2 aliphatic rings. The number of ether oxygens (including phenoxy) is 3. The first kappa shape index (κ1) is 20.2. The molecule has 11 nitrogen and oxygen atoms in total. The zero-order valence-corrected chi connectivity index (χ0v) is 18.4. The van der Waals surface area contributed by atoms with E-state index in [1.165, 1.54) is 0 Å². The minimum atomic E-state index is -0.0375. The quantitative estimate of drug-likeness (QED) is 0.478. The fourth-order valence-corrected chi connectivity index (χ4v) is 4.34. The highest BCUT2D eigenvalue weighted by molar-refractivity contribution is 5.84. The van der Waals surface area contributed by atoms with Gasteiger partial charge < -0.3 is 24.1 Å². The highest BCUT2D eigenvalue weighted by atomic mass is 16.5. The number of nitrogens with one attached hydrogen (secondary N) is 1. The van der Waals surface area contributed by atoms with E-state index in [-0.39, 0.29) is 6.10 Å². The van der Waals surface area contributed by atoms with Gasteiger partial charge in [-0.05, 0) is 18.9 Å². The van der Waals surface area contributed by atoms with Crippen molar-refractivity contribution in [3.63, 3.8) is 0 Å². The van der Waals surface area contributed by atoms with Gasteiger partial charge in [-0.2, -0.15) is 15.2 Å². The maximum atomic E-state index is 6.30. The van der Waals surface area contributed by atoms with Gasteiger partial charge in [0.2, 0.25) is 11.8 Å². The topological polar surface area (TPSA) is 106 Å². The Morgan fingerprint density at radius 2 is 1.91 bits per heavy atom. The molecule has 172 valence electrons. The fourth-order valence-electron chi connectivity index (χ4n) is 4.34. The number of fused-ring (bicyclic) bond motifs is 1. The second kappa shape index (κ2) is 8.49. The first-order valence-electron chi connectivity index (χ1n) is 11.2. The molecule has 4 aromatic heterocycles. The second-order valence-corrected chi connectivity index (χ2v) is 8.43. The van der Waals surface area contributed by atoms with E-state index in [4.69, 9.17) is 24.2 Å². The third-order valence-electron chi connectivity index (χ3n) is 6.06. The second-order valence-electron chi connectivity index (χ2n) is 8.43. The van der Waals surface area contributed by atoms with Gasteiger partial charge in [-0.1, -0.05) is 0 Å². The van der Waals surface area contributed by atoms with Gasteiger partial charge in [-0.3, -0.25) is 9.36 Å². The Hall–Kier alpha value is -3.44. The maximum Gasteiger partial charge on any atom is 0.244 e. The molecule has 0 aliphatic carbocycles. The molecule has 6 rings (SSSR count). The van der Waals surface area contributed by atoms with Crippen LogP contribution in [0, 0.1) is 0 Å². The summed E-state index contributed by atoms with van der Waals surface area (Å²) in [5, 5.41) is 12.1. The molecule has 0 unspecified atom stereocenters. The molecule has 4 aromatic rings. The highest BCUT2D eigenvalue weighted by Gasteiger charge is 2.23. The predicted molar refractivity (Wildman–Crippen MR) is 120 cm³/mol. The van der Waals surface area contributed by atoms with Crippen molar-refractivity contribution in [2.45, 2.75) is 31.4 Å². The number of anilines is 2. The SMILES string of the molecule is Cn1cc(-n2ccc3nc(Nc4cnn(C5CCOCC5)c4)nc(O[C@H]4CCOC4)c32)cn1. The summed E-state index contributed by atoms with van der Waals surface area (Å²) >= 11 is 0. The van der Waals surface area contributed by atoms with Crippen molar-refractivity contribution in [3.05, 3.63) is 37.1 Å². The first-order chi connectivity index (χ1) is 16.2. The fraction of sp³-hybridized carbons (Fsp3) is 0.455. The van der Waals surface area contributed by atoms with Crippen molar-refractivity contribution < 1.29 is 14.2 Å². The lowest BCUT2D eigenvalue weighted by Crippen LogP contribution is -2.19. The summed E-state index contributed by atoms with van der Waals surface area (Å²) in [4.78, 5) is 9.48. The van der Waals surface area contributed by atoms with Crippen LogP contribution in [0.2, 0.25) is 0 Å². The van der Waals surface area contributed by atoms with E-state index in [1.54, 1.807) is 17.1 Å². The molecule has 0 spiro atoms. The lowest BCUT2D eigenvalue weighted by Gasteiger charge is -2.22.